The van der Waals surface area contributed by atoms with Crippen molar-refractivity contribution in [2.24, 2.45) is 0 Å². The lowest BCUT2D eigenvalue weighted by molar-refractivity contribution is -0.116. The number of thiophene rings is 1. The third-order valence-electron chi connectivity index (χ3n) is 3.66. The molecule has 3 rings (SSSR count). The molecule has 25 heavy (non-hydrogen) atoms. The maximum atomic E-state index is 13.2. The molecule has 0 fully saturated rings. The van der Waals surface area contributed by atoms with E-state index in [1.807, 2.05) is 0 Å². The molecule has 0 aliphatic rings. The Morgan fingerprint density at radius 1 is 1.16 bits per heavy atom. The van der Waals surface area contributed by atoms with Crippen LogP contribution in [-0.2, 0) is 17.9 Å². The lowest BCUT2D eigenvalue weighted by Gasteiger charge is -2.11. The maximum Gasteiger partial charge on any atom is 0.331 e. The summed E-state index contributed by atoms with van der Waals surface area (Å²) in [5, 5.41) is 4.07. The highest BCUT2D eigenvalue weighted by Gasteiger charge is 2.16. The topological polar surface area (TPSA) is 73.1 Å². The monoisotopic (exact) mass is 365 g/mol. The van der Waals surface area contributed by atoms with Gasteiger partial charge in [0, 0.05) is 18.3 Å². The van der Waals surface area contributed by atoms with Crippen LogP contribution in [0.25, 0.3) is 10.2 Å². The van der Waals surface area contributed by atoms with Crippen LogP contribution in [0.3, 0.4) is 0 Å². The SMILES string of the molecule is CCn1c(=O)c2sccc2n(CC(=O)Nc2ccc(F)c(F)c2)c1=O. The van der Waals surface area contributed by atoms with Gasteiger partial charge in [0.25, 0.3) is 5.56 Å². The molecule has 9 heteroatoms. The second-order valence-electron chi connectivity index (χ2n) is 5.23. The van der Waals surface area contributed by atoms with Gasteiger partial charge in [-0.05, 0) is 30.5 Å². The van der Waals surface area contributed by atoms with Crippen molar-refractivity contribution in [2.45, 2.75) is 20.0 Å². The molecule has 0 saturated heterocycles. The predicted octanol–water partition coefficient (Wildman–Crippen LogP) is 2.16. The van der Waals surface area contributed by atoms with Gasteiger partial charge in [-0.25, -0.2) is 13.6 Å². The molecule has 0 radical (unpaired) electrons. The molecule has 0 aliphatic carbocycles. The summed E-state index contributed by atoms with van der Waals surface area (Å²) < 4.78 is 28.8. The average molecular weight is 365 g/mol. The van der Waals surface area contributed by atoms with E-state index in [9.17, 15) is 23.2 Å². The first-order chi connectivity index (χ1) is 11.9. The van der Waals surface area contributed by atoms with Crippen LogP contribution in [0.4, 0.5) is 14.5 Å². The predicted molar refractivity (Wildman–Crippen MR) is 91.0 cm³/mol. The number of aromatic nitrogens is 2. The van der Waals surface area contributed by atoms with E-state index in [-0.39, 0.29) is 18.8 Å². The third kappa shape index (κ3) is 3.10. The molecule has 0 bridgehead atoms. The first kappa shape index (κ1) is 17.0. The molecular formula is C16H13F2N3O3S. The summed E-state index contributed by atoms with van der Waals surface area (Å²) in [6, 6.07) is 4.55. The fourth-order valence-electron chi connectivity index (χ4n) is 2.48. The summed E-state index contributed by atoms with van der Waals surface area (Å²) in [5.41, 5.74) is -0.555. The number of fused-ring (bicyclic) bond motifs is 1. The lowest BCUT2D eigenvalue weighted by Crippen LogP contribution is -2.40. The van der Waals surface area contributed by atoms with Crippen molar-refractivity contribution >= 4 is 33.1 Å². The second-order valence-corrected chi connectivity index (χ2v) is 6.15. The van der Waals surface area contributed by atoms with E-state index in [0.717, 1.165) is 16.7 Å². The van der Waals surface area contributed by atoms with Gasteiger partial charge in [-0.15, -0.1) is 11.3 Å². The summed E-state index contributed by atoms with van der Waals surface area (Å²) in [6.45, 7) is 1.48. The van der Waals surface area contributed by atoms with Crippen LogP contribution < -0.4 is 16.6 Å². The maximum absolute atomic E-state index is 13.2. The standard InChI is InChI=1S/C16H13F2N3O3S/c1-2-20-15(23)14-12(5-6-25-14)21(16(20)24)8-13(22)19-9-3-4-10(17)11(18)7-9/h3-7H,2,8H2,1H3,(H,19,22). The number of halogens is 2. The van der Waals surface area contributed by atoms with Crippen molar-refractivity contribution in [3.05, 3.63) is 62.1 Å². The van der Waals surface area contributed by atoms with Crippen molar-refractivity contribution in [3.63, 3.8) is 0 Å². The van der Waals surface area contributed by atoms with Crippen LogP contribution in [-0.4, -0.2) is 15.0 Å². The first-order valence-electron chi connectivity index (χ1n) is 7.38. The highest BCUT2D eigenvalue weighted by Crippen LogP contribution is 2.16. The first-order valence-corrected chi connectivity index (χ1v) is 8.26. The minimum Gasteiger partial charge on any atom is -0.324 e. The largest absolute Gasteiger partial charge is 0.331 e. The van der Waals surface area contributed by atoms with Crippen molar-refractivity contribution in [1.82, 2.24) is 9.13 Å². The van der Waals surface area contributed by atoms with E-state index in [1.165, 1.54) is 22.0 Å². The summed E-state index contributed by atoms with van der Waals surface area (Å²) in [6.07, 6.45) is 0. The lowest BCUT2D eigenvalue weighted by atomic mass is 10.3. The fourth-order valence-corrected chi connectivity index (χ4v) is 3.33. The van der Waals surface area contributed by atoms with Gasteiger partial charge in [0.05, 0.1) is 5.52 Å². The molecule has 1 amide bonds. The van der Waals surface area contributed by atoms with E-state index >= 15 is 0 Å². The van der Waals surface area contributed by atoms with E-state index in [1.54, 1.807) is 18.4 Å². The number of benzene rings is 1. The van der Waals surface area contributed by atoms with Gasteiger partial charge in [-0.1, -0.05) is 0 Å². The minimum absolute atomic E-state index is 0.0716. The van der Waals surface area contributed by atoms with Gasteiger partial charge >= 0.3 is 5.69 Å². The Balaban J connectivity index is 1.96. The minimum atomic E-state index is -1.09. The third-order valence-corrected chi connectivity index (χ3v) is 4.55. The molecule has 2 heterocycles. The summed E-state index contributed by atoms with van der Waals surface area (Å²) in [4.78, 5) is 36.9. The molecule has 0 atom stereocenters. The van der Waals surface area contributed by atoms with E-state index < -0.39 is 28.8 Å². The number of anilines is 1. The van der Waals surface area contributed by atoms with E-state index in [0.29, 0.717) is 10.2 Å². The normalized spacial score (nSPS) is 11.0. The molecule has 0 unspecified atom stereocenters. The van der Waals surface area contributed by atoms with Crippen LogP contribution >= 0.6 is 11.3 Å². The number of nitrogens with zero attached hydrogens (tertiary/aromatic N) is 2. The van der Waals surface area contributed by atoms with Crippen molar-refractivity contribution < 1.29 is 13.6 Å². The van der Waals surface area contributed by atoms with Gasteiger partial charge in [-0.2, -0.15) is 0 Å². The molecule has 0 spiro atoms. The Morgan fingerprint density at radius 2 is 1.92 bits per heavy atom. The number of hydrogen-bond donors (Lipinski definition) is 1. The zero-order chi connectivity index (χ0) is 18.1. The number of carbonyl (C=O) groups is 1. The molecule has 130 valence electrons. The van der Waals surface area contributed by atoms with Gasteiger partial charge in [0.2, 0.25) is 5.91 Å². The number of amides is 1. The second kappa shape index (κ2) is 6.60. The van der Waals surface area contributed by atoms with Gasteiger partial charge in [0.1, 0.15) is 11.2 Å². The van der Waals surface area contributed by atoms with Gasteiger partial charge in [-0.3, -0.25) is 18.7 Å². The highest BCUT2D eigenvalue weighted by atomic mass is 32.1. The molecule has 1 aromatic carbocycles. The van der Waals surface area contributed by atoms with Crippen LogP contribution in [0.1, 0.15) is 6.92 Å². The highest BCUT2D eigenvalue weighted by molar-refractivity contribution is 7.17. The number of nitrogens with one attached hydrogen (secondary N) is 1. The van der Waals surface area contributed by atoms with Crippen molar-refractivity contribution in [2.75, 3.05) is 5.32 Å². The zero-order valence-corrected chi connectivity index (χ0v) is 13.9. The summed E-state index contributed by atoms with van der Waals surface area (Å²) in [7, 11) is 0. The van der Waals surface area contributed by atoms with Crippen molar-refractivity contribution in [1.29, 1.82) is 0 Å². The van der Waals surface area contributed by atoms with Crippen LogP contribution in [0.2, 0.25) is 0 Å². The number of hydrogen-bond acceptors (Lipinski definition) is 4. The smallest absolute Gasteiger partial charge is 0.324 e. The summed E-state index contributed by atoms with van der Waals surface area (Å²) >= 11 is 1.18. The van der Waals surface area contributed by atoms with E-state index in [4.69, 9.17) is 0 Å². The Kier molecular flexibility index (Phi) is 4.49. The molecule has 1 N–H and O–H groups in total. The van der Waals surface area contributed by atoms with E-state index in [2.05, 4.69) is 5.32 Å². The van der Waals surface area contributed by atoms with Crippen LogP contribution in [0, 0.1) is 11.6 Å². The average Bonchev–Trinajstić information content (AvgIpc) is 3.05. The van der Waals surface area contributed by atoms with Crippen LogP contribution in [0.5, 0.6) is 0 Å². The molecular weight excluding hydrogens is 352 g/mol. The van der Waals surface area contributed by atoms with Crippen molar-refractivity contribution in [3.8, 4) is 0 Å². The molecule has 2 aromatic heterocycles. The molecule has 6 nitrogen and oxygen atoms in total. The number of rotatable bonds is 4. The molecule has 0 aliphatic heterocycles. The Morgan fingerprint density at radius 3 is 2.60 bits per heavy atom. The van der Waals surface area contributed by atoms with Crippen LogP contribution in [0.15, 0.2) is 39.2 Å². The molecule has 0 saturated carbocycles. The van der Waals surface area contributed by atoms with Gasteiger partial charge in [0.15, 0.2) is 11.6 Å². The quantitative estimate of drug-likeness (QED) is 0.770. The Hall–Kier alpha value is -2.81. The van der Waals surface area contributed by atoms with Gasteiger partial charge < -0.3 is 5.32 Å². The molecule has 3 aromatic rings. The Labute approximate surface area is 143 Å². The zero-order valence-electron chi connectivity index (χ0n) is 13.1. The Bertz CT molecular complexity index is 1080. The summed E-state index contributed by atoms with van der Waals surface area (Å²) in [5.74, 6) is -2.71. The fraction of sp³-hybridized carbons (Fsp3) is 0.188. The number of carbonyl (C=O) groups excluding carboxylic acids is 1.